The summed E-state index contributed by atoms with van der Waals surface area (Å²) in [6, 6.07) is 3.05. The normalized spacial score (nSPS) is 11.9. The minimum atomic E-state index is -1.05. The van der Waals surface area contributed by atoms with Crippen molar-refractivity contribution >= 4 is 11.9 Å². The maximum Gasteiger partial charge on any atom is 0.326 e. The highest BCUT2D eigenvalue weighted by atomic mass is 19.1. The Kier molecular flexibility index (Phi) is 5.48. The average Bonchev–Trinajstić information content (AvgIpc) is 2.37. The lowest BCUT2D eigenvalue weighted by Gasteiger charge is -2.14. The highest BCUT2D eigenvalue weighted by molar-refractivity contribution is 5.96. The summed E-state index contributed by atoms with van der Waals surface area (Å²) in [6.07, 6.45) is 1.97. The Balaban J connectivity index is 2.75. The second-order valence-corrected chi connectivity index (χ2v) is 4.47. The zero-order valence-corrected chi connectivity index (χ0v) is 11.1. The molecule has 0 aliphatic rings. The maximum atomic E-state index is 13.1. The third-order valence-electron chi connectivity index (χ3n) is 2.87. The van der Waals surface area contributed by atoms with E-state index in [4.69, 9.17) is 5.11 Å². The summed E-state index contributed by atoms with van der Waals surface area (Å²) in [5, 5.41) is 11.5. The Labute approximate surface area is 111 Å². The van der Waals surface area contributed by atoms with E-state index in [-0.39, 0.29) is 5.56 Å². The number of aryl methyl sites for hydroxylation is 1. The van der Waals surface area contributed by atoms with Gasteiger partial charge in [0.25, 0.3) is 5.91 Å². The predicted molar refractivity (Wildman–Crippen MR) is 69.6 cm³/mol. The first-order valence-electron chi connectivity index (χ1n) is 6.25. The average molecular weight is 267 g/mol. The van der Waals surface area contributed by atoms with Crippen LogP contribution in [-0.4, -0.2) is 23.0 Å². The molecule has 0 saturated heterocycles. The van der Waals surface area contributed by atoms with Crippen LogP contribution in [-0.2, 0) is 4.79 Å². The van der Waals surface area contributed by atoms with Crippen molar-refractivity contribution in [3.05, 3.63) is 35.1 Å². The summed E-state index contributed by atoms with van der Waals surface area (Å²) in [5.41, 5.74) is 0.620. The molecule has 0 fully saturated rings. The number of aliphatic carboxylic acids is 1. The van der Waals surface area contributed by atoms with Crippen LogP contribution in [0.4, 0.5) is 4.39 Å². The first kappa shape index (κ1) is 15.1. The molecule has 1 aromatic rings. The molecule has 1 rings (SSSR count). The quantitative estimate of drug-likeness (QED) is 0.832. The lowest BCUT2D eigenvalue weighted by molar-refractivity contribution is -0.139. The van der Waals surface area contributed by atoms with Crippen LogP contribution >= 0.6 is 0 Å². The van der Waals surface area contributed by atoms with Gasteiger partial charge in [0, 0.05) is 5.56 Å². The molecule has 104 valence electrons. The van der Waals surface area contributed by atoms with Gasteiger partial charge in [-0.25, -0.2) is 9.18 Å². The number of benzene rings is 1. The molecule has 0 aliphatic carbocycles. The molecule has 5 heteroatoms. The van der Waals surface area contributed by atoms with Gasteiger partial charge in [-0.3, -0.25) is 4.79 Å². The Morgan fingerprint density at radius 2 is 2.11 bits per heavy atom. The predicted octanol–water partition coefficient (Wildman–Crippen LogP) is 2.51. The van der Waals surface area contributed by atoms with Crippen LogP contribution in [0.1, 0.15) is 42.1 Å². The molecule has 0 bridgehead atoms. The van der Waals surface area contributed by atoms with Crippen LogP contribution in [0.5, 0.6) is 0 Å². The molecule has 1 amide bonds. The standard InChI is InChI=1S/C14H18FNO3/c1-3-4-5-12(14(18)19)16-13(17)10-6-7-11(15)9(2)8-10/h6-8,12H,3-5H2,1-2H3,(H,16,17)(H,18,19). The van der Waals surface area contributed by atoms with Gasteiger partial charge in [-0.05, 0) is 37.1 Å². The van der Waals surface area contributed by atoms with Crippen molar-refractivity contribution in [1.82, 2.24) is 5.32 Å². The lowest BCUT2D eigenvalue weighted by atomic mass is 10.1. The fraction of sp³-hybridized carbons (Fsp3) is 0.429. The summed E-state index contributed by atoms with van der Waals surface area (Å²) in [6.45, 7) is 3.50. The molecule has 0 spiro atoms. The fourth-order valence-electron chi connectivity index (χ4n) is 1.69. The second-order valence-electron chi connectivity index (χ2n) is 4.47. The van der Waals surface area contributed by atoms with Crippen molar-refractivity contribution in [3.63, 3.8) is 0 Å². The number of halogens is 1. The molecule has 4 nitrogen and oxygen atoms in total. The van der Waals surface area contributed by atoms with Crippen molar-refractivity contribution in [2.45, 2.75) is 39.2 Å². The van der Waals surface area contributed by atoms with Gasteiger partial charge in [0.15, 0.2) is 0 Å². The van der Waals surface area contributed by atoms with Crippen LogP contribution in [0, 0.1) is 12.7 Å². The van der Waals surface area contributed by atoms with Crippen LogP contribution in [0.3, 0.4) is 0 Å². The van der Waals surface area contributed by atoms with Crippen molar-refractivity contribution in [2.24, 2.45) is 0 Å². The molecule has 0 saturated carbocycles. The third-order valence-corrected chi connectivity index (χ3v) is 2.87. The lowest BCUT2D eigenvalue weighted by Crippen LogP contribution is -2.40. The van der Waals surface area contributed by atoms with E-state index in [1.807, 2.05) is 6.92 Å². The highest BCUT2D eigenvalue weighted by Gasteiger charge is 2.20. The van der Waals surface area contributed by atoms with Crippen LogP contribution in [0.2, 0.25) is 0 Å². The molecule has 1 unspecified atom stereocenters. The molecule has 0 heterocycles. The SMILES string of the molecule is CCCCC(NC(=O)c1ccc(F)c(C)c1)C(=O)O. The molecular weight excluding hydrogens is 249 g/mol. The number of carboxylic acid groups (broad SMARTS) is 1. The number of hydrogen-bond donors (Lipinski definition) is 2. The number of carboxylic acids is 1. The maximum absolute atomic E-state index is 13.1. The van der Waals surface area contributed by atoms with Gasteiger partial charge < -0.3 is 10.4 Å². The summed E-state index contributed by atoms with van der Waals surface area (Å²) >= 11 is 0. The molecule has 0 radical (unpaired) electrons. The van der Waals surface area contributed by atoms with E-state index in [0.717, 1.165) is 12.8 Å². The second kappa shape index (κ2) is 6.87. The van der Waals surface area contributed by atoms with Gasteiger partial charge in [-0.15, -0.1) is 0 Å². The summed E-state index contributed by atoms with van der Waals surface area (Å²) in [5.74, 6) is -1.94. The number of amides is 1. The van der Waals surface area contributed by atoms with Crippen molar-refractivity contribution in [1.29, 1.82) is 0 Å². The molecule has 0 aliphatic heterocycles. The van der Waals surface area contributed by atoms with Gasteiger partial charge in [0.05, 0.1) is 0 Å². The zero-order chi connectivity index (χ0) is 14.4. The van der Waals surface area contributed by atoms with Gasteiger partial charge in [0.2, 0.25) is 0 Å². The first-order valence-corrected chi connectivity index (χ1v) is 6.25. The van der Waals surface area contributed by atoms with Crippen molar-refractivity contribution < 1.29 is 19.1 Å². The number of carbonyl (C=O) groups excluding carboxylic acids is 1. The Morgan fingerprint density at radius 1 is 1.42 bits per heavy atom. The van der Waals surface area contributed by atoms with Gasteiger partial charge >= 0.3 is 5.97 Å². The summed E-state index contributed by atoms with van der Waals surface area (Å²) in [7, 11) is 0. The molecule has 1 atom stereocenters. The van der Waals surface area contributed by atoms with E-state index in [1.54, 1.807) is 6.92 Å². The largest absolute Gasteiger partial charge is 0.480 e. The number of carbonyl (C=O) groups is 2. The topological polar surface area (TPSA) is 66.4 Å². The number of rotatable bonds is 6. The zero-order valence-electron chi connectivity index (χ0n) is 11.1. The van der Waals surface area contributed by atoms with E-state index >= 15 is 0 Å². The van der Waals surface area contributed by atoms with Crippen molar-refractivity contribution in [3.8, 4) is 0 Å². The number of unbranched alkanes of at least 4 members (excludes halogenated alkanes) is 1. The molecule has 19 heavy (non-hydrogen) atoms. The molecule has 1 aromatic carbocycles. The number of hydrogen-bond acceptors (Lipinski definition) is 2. The first-order chi connectivity index (χ1) is 8.95. The van der Waals surface area contributed by atoms with E-state index in [2.05, 4.69) is 5.32 Å². The monoisotopic (exact) mass is 267 g/mol. The highest BCUT2D eigenvalue weighted by Crippen LogP contribution is 2.10. The number of nitrogens with one attached hydrogen (secondary N) is 1. The molecule has 0 aromatic heterocycles. The van der Waals surface area contributed by atoms with E-state index < -0.39 is 23.7 Å². The van der Waals surface area contributed by atoms with E-state index in [9.17, 15) is 14.0 Å². The Bertz CT molecular complexity index is 474. The smallest absolute Gasteiger partial charge is 0.326 e. The fourth-order valence-corrected chi connectivity index (χ4v) is 1.69. The molecule has 2 N–H and O–H groups in total. The minimum Gasteiger partial charge on any atom is -0.480 e. The van der Waals surface area contributed by atoms with Gasteiger partial charge in [0.1, 0.15) is 11.9 Å². The van der Waals surface area contributed by atoms with Gasteiger partial charge in [-0.1, -0.05) is 19.8 Å². The van der Waals surface area contributed by atoms with Crippen LogP contribution < -0.4 is 5.32 Å². The van der Waals surface area contributed by atoms with Gasteiger partial charge in [-0.2, -0.15) is 0 Å². The Morgan fingerprint density at radius 3 is 2.63 bits per heavy atom. The summed E-state index contributed by atoms with van der Waals surface area (Å²) < 4.78 is 13.1. The Hall–Kier alpha value is -1.91. The summed E-state index contributed by atoms with van der Waals surface area (Å²) in [4.78, 5) is 22.9. The van der Waals surface area contributed by atoms with E-state index in [0.29, 0.717) is 12.0 Å². The van der Waals surface area contributed by atoms with E-state index in [1.165, 1.54) is 18.2 Å². The van der Waals surface area contributed by atoms with Crippen LogP contribution in [0.15, 0.2) is 18.2 Å². The van der Waals surface area contributed by atoms with Crippen molar-refractivity contribution in [2.75, 3.05) is 0 Å². The van der Waals surface area contributed by atoms with Crippen LogP contribution in [0.25, 0.3) is 0 Å². The minimum absolute atomic E-state index is 0.265. The third kappa shape index (κ3) is 4.35. The molecular formula is C14H18FNO3.